The van der Waals surface area contributed by atoms with Crippen LogP contribution in [-0.2, 0) is 0 Å². The van der Waals surface area contributed by atoms with Gasteiger partial charge in [-0.25, -0.2) is 15.0 Å². The molecule has 0 unspecified atom stereocenters. The quantitative estimate of drug-likeness (QED) is 0.790. The van der Waals surface area contributed by atoms with E-state index in [1.54, 1.807) is 18.6 Å². The molecule has 0 radical (unpaired) electrons. The van der Waals surface area contributed by atoms with E-state index >= 15 is 0 Å². The molecular weight excluding hydrogens is 290 g/mol. The number of halogens is 1. The maximum atomic E-state index is 4.28. The number of nitrogens with one attached hydrogen (secondary N) is 1. The van der Waals surface area contributed by atoms with Crippen LogP contribution in [0.5, 0.6) is 0 Å². The molecule has 16 heavy (non-hydrogen) atoms. The summed E-state index contributed by atoms with van der Waals surface area (Å²) < 4.78 is 2.77. The number of rotatable bonds is 2. The zero-order valence-corrected chi connectivity index (χ0v) is 10.4. The number of anilines is 2. The van der Waals surface area contributed by atoms with Gasteiger partial charge in [0.2, 0.25) is 0 Å². The van der Waals surface area contributed by atoms with Crippen molar-refractivity contribution in [2.45, 2.75) is 0 Å². The maximum absolute atomic E-state index is 4.28. The van der Waals surface area contributed by atoms with Crippen molar-refractivity contribution in [1.82, 2.24) is 19.4 Å². The minimum Gasteiger partial charge on any atom is -0.313 e. The smallest absolute Gasteiger partial charge is 0.188 e. The first-order valence-electron chi connectivity index (χ1n) is 4.48. The number of nitrogens with zero attached hydrogens (tertiary/aromatic N) is 4. The van der Waals surface area contributed by atoms with Crippen molar-refractivity contribution < 1.29 is 0 Å². The second-order valence-electron chi connectivity index (χ2n) is 3.01. The van der Waals surface area contributed by atoms with E-state index in [4.69, 9.17) is 0 Å². The van der Waals surface area contributed by atoms with Crippen LogP contribution in [0.15, 0.2) is 34.8 Å². The Morgan fingerprint density at radius 3 is 3.00 bits per heavy atom. The molecule has 0 saturated carbocycles. The minimum atomic E-state index is 0.697. The molecule has 1 N–H and O–H groups in total. The Kier molecular flexibility index (Phi) is 2.33. The van der Waals surface area contributed by atoms with Crippen LogP contribution in [0.4, 0.5) is 10.9 Å². The topological polar surface area (TPSA) is 55.1 Å². The zero-order valence-electron chi connectivity index (χ0n) is 7.96. The van der Waals surface area contributed by atoms with E-state index in [0.29, 0.717) is 5.82 Å². The van der Waals surface area contributed by atoms with Crippen molar-refractivity contribution in [3.63, 3.8) is 0 Å². The normalized spacial score (nSPS) is 10.8. The van der Waals surface area contributed by atoms with Crippen LogP contribution < -0.4 is 5.32 Å². The molecule has 0 aromatic carbocycles. The molecule has 0 aliphatic rings. The minimum absolute atomic E-state index is 0.697. The second-order valence-corrected chi connectivity index (χ2v) is 4.72. The number of hydrogen-bond acceptors (Lipinski definition) is 5. The van der Waals surface area contributed by atoms with Gasteiger partial charge >= 0.3 is 0 Å². The molecule has 0 atom stereocenters. The number of hydrogen-bond donors (Lipinski definition) is 1. The van der Waals surface area contributed by atoms with Crippen molar-refractivity contribution in [1.29, 1.82) is 0 Å². The third-order valence-electron chi connectivity index (χ3n) is 2.04. The average molecular weight is 296 g/mol. The Balaban J connectivity index is 2.10. The number of fused-ring (bicyclic) bond motifs is 1. The molecule has 0 aliphatic carbocycles. The zero-order chi connectivity index (χ0) is 11.0. The molecule has 3 rings (SSSR count). The lowest BCUT2D eigenvalue weighted by atomic mass is 10.6. The van der Waals surface area contributed by atoms with Crippen molar-refractivity contribution >= 4 is 43.9 Å². The van der Waals surface area contributed by atoms with Crippen LogP contribution >= 0.6 is 27.3 Å². The highest BCUT2D eigenvalue weighted by molar-refractivity contribution is 9.10. The van der Waals surface area contributed by atoms with E-state index in [1.165, 1.54) is 11.3 Å². The van der Waals surface area contributed by atoms with Gasteiger partial charge in [0.15, 0.2) is 16.6 Å². The summed E-state index contributed by atoms with van der Waals surface area (Å²) in [5, 5.41) is 5.84. The van der Waals surface area contributed by atoms with E-state index in [9.17, 15) is 0 Å². The Hall–Kier alpha value is -1.47. The third-order valence-corrected chi connectivity index (χ3v) is 3.32. The van der Waals surface area contributed by atoms with Crippen LogP contribution in [0.1, 0.15) is 0 Å². The van der Waals surface area contributed by atoms with Crippen LogP contribution in [0.3, 0.4) is 0 Å². The molecule has 3 aromatic rings. The van der Waals surface area contributed by atoms with Gasteiger partial charge in [0, 0.05) is 24.0 Å². The van der Waals surface area contributed by atoms with Gasteiger partial charge in [-0.2, -0.15) is 0 Å². The van der Waals surface area contributed by atoms with Gasteiger partial charge in [0.25, 0.3) is 0 Å². The Bertz CT molecular complexity index is 618. The van der Waals surface area contributed by atoms with Gasteiger partial charge in [0.05, 0.1) is 6.20 Å². The summed E-state index contributed by atoms with van der Waals surface area (Å²) >= 11 is 4.93. The Labute approximate surface area is 103 Å². The largest absolute Gasteiger partial charge is 0.313 e. The van der Waals surface area contributed by atoms with Gasteiger partial charge in [-0.05, 0) is 15.9 Å². The monoisotopic (exact) mass is 295 g/mol. The SMILES string of the molecule is Brc1cnc(Nc2nccs2)c2nccn12. The molecule has 0 aliphatic heterocycles. The fourth-order valence-corrected chi connectivity index (χ4v) is 2.28. The van der Waals surface area contributed by atoms with E-state index in [2.05, 4.69) is 36.2 Å². The Morgan fingerprint density at radius 1 is 1.25 bits per heavy atom. The first kappa shape index (κ1) is 9.73. The highest BCUT2D eigenvalue weighted by atomic mass is 79.9. The fraction of sp³-hybridized carbons (Fsp3) is 0. The van der Waals surface area contributed by atoms with Gasteiger partial charge in [-0.1, -0.05) is 0 Å². The van der Waals surface area contributed by atoms with Gasteiger partial charge in [-0.15, -0.1) is 11.3 Å². The summed E-state index contributed by atoms with van der Waals surface area (Å²) in [6, 6.07) is 0. The van der Waals surface area contributed by atoms with Crippen molar-refractivity contribution in [2.75, 3.05) is 5.32 Å². The molecule has 0 saturated heterocycles. The lowest BCUT2D eigenvalue weighted by Gasteiger charge is -2.04. The molecule has 7 heteroatoms. The fourth-order valence-electron chi connectivity index (χ4n) is 1.36. The summed E-state index contributed by atoms with van der Waals surface area (Å²) in [5.74, 6) is 0.697. The van der Waals surface area contributed by atoms with Gasteiger partial charge < -0.3 is 5.32 Å². The van der Waals surface area contributed by atoms with Gasteiger partial charge in [0.1, 0.15) is 4.60 Å². The number of imidazole rings is 1. The summed E-state index contributed by atoms with van der Waals surface area (Å²) in [6.07, 6.45) is 7.07. The van der Waals surface area contributed by atoms with Crippen LogP contribution in [0, 0.1) is 0 Å². The average Bonchev–Trinajstić information content (AvgIpc) is 2.92. The molecule has 0 bridgehead atoms. The Morgan fingerprint density at radius 2 is 2.19 bits per heavy atom. The summed E-state index contributed by atoms with van der Waals surface area (Å²) in [6.45, 7) is 0. The molecule has 3 heterocycles. The first-order valence-corrected chi connectivity index (χ1v) is 6.16. The van der Waals surface area contributed by atoms with E-state index < -0.39 is 0 Å². The third kappa shape index (κ3) is 1.57. The summed E-state index contributed by atoms with van der Waals surface area (Å²) in [5.41, 5.74) is 0.768. The maximum Gasteiger partial charge on any atom is 0.188 e. The van der Waals surface area contributed by atoms with E-state index in [-0.39, 0.29) is 0 Å². The standard InChI is InChI=1S/C9H6BrN5S/c10-6-5-13-7(8-11-1-3-15(6)8)14-9-12-2-4-16-9/h1-5H,(H,12,13,14). The summed E-state index contributed by atoms with van der Waals surface area (Å²) in [4.78, 5) is 12.7. The molecule has 3 aromatic heterocycles. The summed E-state index contributed by atoms with van der Waals surface area (Å²) in [7, 11) is 0. The van der Waals surface area contributed by atoms with Crippen LogP contribution in [0.2, 0.25) is 0 Å². The lowest BCUT2D eigenvalue weighted by molar-refractivity contribution is 1.09. The first-order chi connectivity index (χ1) is 7.84. The highest BCUT2D eigenvalue weighted by Gasteiger charge is 2.07. The molecular formula is C9H6BrN5S. The number of thiazole rings is 1. The molecule has 0 amide bonds. The predicted molar refractivity (Wildman–Crippen MR) is 66.1 cm³/mol. The molecule has 5 nitrogen and oxygen atoms in total. The second kappa shape index (κ2) is 3.84. The molecule has 0 spiro atoms. The predicted octanol–water partition coefficient (Wildman–Crippen LogP) is 2.69. The van der Waals surface area contributed by atoms with Crippen molar-refractivity contribution in [2.24, 2.45) is 0 Å². The molecule has 0 fully saturated rings. The van der Waals surface area contributed by atoms with Crippen molar-refractivity contribution in [3.05, 3.63) is 34.8 Å². The van der Waals surface area contributed by atoms with E-state index in [0.717, 1.165) is 15.4 Å². The van der Waals surface area contributed by atoms with Crippen molar-refractivity contribution in [3.8, 4) is 0 Å². The van der Waals surface area contributed by atoms with Crippen LogP contribution in [-0.4, -0.2) is 19.4 Å². The van der Waals surface area contributed by atoms with E-state index in [1.807, 2.05) is 16.0 Å². The highest BCUT2D eigenvalue weighted by Crippen LogP contribution is 2.22. The number of aromatic nitrogens is 4. The lowest BCUT2D eigenvalue weighted by Crippen LogP contribution is -1.98. The van der Waals surface area contributed by atoms with Crippen LogP contribution in [0.25, 0.3) is 5.65 Å². The molecule has 80 valence electrons. The van der Waals surface area contributed by atoms with Gasteiger partial charge in [-0.3, -0.25) is 4.40 Å².